The van der Waals surface area contributed by atoms with E-state index in [9.17, 15) is 19.5 Å². The lowest BCUT2D eigenvalue weighted by Gasteiger charge is -2.31. The molecule has 7 heteroatoms. The molecule has 0 aliphatic heterocycles. The Morgan fingerprint density at radius 1 is 1.09 bits per heavy atom. The second kappa shape index (κ2) is 10.3. The fourth-order valence-corrected chi connectivity index (χ4v) is 4.93. The Morgan fingerprint density at radius 3 is 2.34 bits per heavy atom. The third-order valence-electron chi connectivity index (χ3n) is 6.66. The number of carbonyl (C=O) groups is 3. The van der Waals surface area contributed by atoms with E-state index in [1.165, 1.54) is 7.05 Å². The van der Waals surface area contributed by atoms with Crippen LogP contribution in [0, 0.1) is 5.41 Å². The second-order valence-electron chi connectivity index (χ2n) is 10.0. The van der Waals surface area contributed by atoms with Crippen LogP contribution < -0.4 is 0 Å². The number of likely N-dealkylation sites (N-methyl/N-ethyl adjacent to an activating group) is 1. The van der Waals surface area contributed by atoms with Crippen LogP contribution in [-0.4, -0.2) is 52.8 Å². The van der Waals surface area contributed by atoms with Crippen molar-refractivity contribution in [3.05, 3.63) is 71.8 Å². The lowest BCUT2D eigenvalue weighted by Crippen LogP contribution is -2.43. The Balaban J connectivity index is 1.92. The summed E-state index contributed by atoms with van der Waals surface area (Å²) in [5, 5.41) is 18.4. The Hall–Kier alpha value is -3.61. The quantitative estimate of drug-likeness (QED) is 0.460. The average molecular weight is 480 g/mol. The normalized spacial score (nSPS) is 15.9. The van der Waals surface area contributed by atoms with Crippen LogP contribution in [0.25, 0.3) is 11.1 Å². The molecule has 0 saturated heterocycles. The summed E-state index contributed by atoms with van der Waals surface area (Å²) in [6, 6.07) is 12.9. The van der Waals surface area contributed by atoms with Crippen LogP contribution >= 0.6 is 0 Å². The zero-order valence-corrected chi connectivity index (χ0v) is 20.7. The van der Waals surface area contributed by atoms with E-state index >= 15 is 0 Å². The van der Waals surface area contributed by atoms with Gasteiger partial charge < -0.3 is 14.9 Å². The fourth-order valence-electron chi connectivity index (χ4n) is 4.93. The minimum absolute atomic E-state index is 0.0312. The van der Waals surface area contributed by atoms with Gasteiger partial charge in [0.25, 0.3) is 0 Å². The van der Waals surface area contributed by atoms with Crippen LogP contribution in [-0.2, 0) is 14.3 Å². The number of benzene rings is 2. The van der Waals surface area contributed by atoms with Gasteiger partial charge in [-0.15, -0.1) is 6.58 Å². The standard InChI is InChI=1S/C28H33NO6/c1-6-22(28(2,3)4)20-13-9-12-19-17-10-7-8-11-18(17)21(25(19)20)16-35-27(34)29(5)23(26(32)33)14-15-24(30)31/h6-13,21-23H,1,14-16H2,2-5H3,(H,30,31)(H,32,33)/t21?,22?,23-/m0/s1. The smallest absolute Gasteiger partial charge is 0.410 e. The van der Waals surface area contributed by atoms with Crippen molar-refractivity contribution in [2.45, 2.75) is 51.5 Å². The second-order valence-corrected chi connectivity index (χ2v) is 10.0. The molecule has 1 amide bonds. The summed E-state index contributed by atoms with van der Waals surface area (Å²) in [5.41, 5.74) is 5.35. The van der Waals surface area contributed by atoms with Crippen LogP contribution in [0.15, 0.2) is 55.1 Å². The van der Waals surface area contributed by atoms with Crippen LogP contribution in [0.2, 0.25) is 0 Å². The Kier molecular flexibility index (Phi) is 7.68. The van der Waals surface area contributed by atoms with Crippen LogP contribution in [0.3, 0.4) is 0 Å². The molecule has 0 fully saturated rings. The van der Waals surface area contributed by atoms with Gasteiger partial charge in [0.2, 0.25) is 0 Å². The summed E-state index contributed by atoms with van der Waals surface area (Å²) in [5.74, 6) is -2.55. The highest BCUT2D eigenvalue weighted by Gasteiger charge is 2.36. The average Bonchev–Trinajstić information content (AvgIpc) is 3.11. The highest BCUT2D eigenvalue weighted by molar-refractivity contribution is 5.82. The lowest BCUT2D eigenvalue weighted by molar-refractivity contribution is -0.143. The van der Waals surface area contributed by atoms with Gasteiger partial charge in [0.05, 0.1) is 0 Å². The molecule has 2 unspecified atom stereocenters. The van der Waals surface area contributed by atoms with Gasteiger partial charge in [-0.2, -0.15) is 0 Å². The summed E-state index contributed by atoms with van der Waals surface area (Å²) >= 11 is 0. The number of aliphatic carboxylic acids is 2. The monoisotopic (exact) mass is 479 g/mol. The summed E-state index contributed by atoms with van der Waals surface area (Å²) in [4.78, 5) is 36.3. The van der Waals surface area contributed by atoms with E-state index in [-0.39, 0.29) is 36.7 Å². The molecule has 2 N–H and O–H groups in total. The minimum atomic E-state index is -1.29. The summed E-state index contributed by atoms with van der Waals surface area (Å²) in [6.45, 7) is 10.6. The molecule has 0 heterocycles. The van der Waals surface area contributed by atoms with Crippen molar-refractivity contribution in [2.24, 2.45) is 5.41 Å². The lowest BCUT2D eigenvalue weighted by atomic mass is 9.73. The van der Waals surface area contributed by atoms with E-state index in [0.717, 1.165) is 32.7 Å². The van der Waals surface area contributed by atoms with E-state index in [4.69, 9.17) is 9.84 Å². The molecule has 2 aromatic carbocycles. The molecule has 3 atom stereocenters. The molecular weight excluding hydrogens is 446 g/mol. The highest BCUT2D eigenvalue weighted by atomic mass is 16.6. The molecule has 0 saturated carbocycles. The van der Waals surface area contributed by atoms with Crippen LogP contribution in [0.4, 0.5) is 4.79 Å². The van der Waals surface area contributed by atoms with Crippen molar-refractivity contribution in [3.8, 4) is 11.1 Å². The maximum atomic E-state index is 12.8. The molecule has 0 radical (unpaired) electrons. The number of allylic oxidation sites excluding steroid dienone is 1. The number of carboxylic acids is 2. The Morgan fingerprint density at radius 2 is 1.74 bits per heavy atom. The van der Waals surface area contributed by atoms with E-state index < -0.39 is 24.1 Å². The third kappa shape index (κ3) is 5.39. The van der Waals surface area contributed by atoms with Crippen LogP contribution in [0.1, 0.15) is 62.1 Å². The topological polar surface area (TPSA) is 104 Å². The Bertz CT molecular complexity index is 1130. The van der Waals surface area contributed by atoms with Gasteiger partial charge in [-0.05, 0) is 39.7 Å². The zero-order valence-electron chi connectivity index (χ0n) is 20.7. The summed E-state index contributed by atoms with van der Waals surface area (Å²) in [7, 11) is 1.32. The molecule has 3 rings (SSSR count). The van der Waals surface area contributed by atoms with E-state index in [2.05, 4.69) is 45.5 Å². The first kappa shape index (κ1) is 26.0. The molecule has 2 aromatic rings. The van der Waals surface area contributed by atoms with Crippen molar-refractivity contribution >= 4 is 18.0 Å². The van der Waals surface area contributed by atoms with Crippen molar-refractivity contribution < 1.29 is 29.3 Å². The predicted octanol–water partition coefficient (Wildman–Crippen LogP) is 5.50. The molecule has 35 heavy (non-hydrogen) atoms. The molecule has 0 bridgehead atoms. The number of rotatable bonds is 9. The van der Waals surface area contributed by atoms with Crippen molar-refractivity contribution in [1.29, 1.82) is 0 Å². The number of carbonyl (C=O) groups excluding carboxylic acids is 1. The Labute approximate surface area is 206 Å². The minimum Gasteiger partial charge on any atom is -0.481 e. The molecule has 186 valence electrons. The van der Waals surface area contributed by atoms with Crippen molar-refractivity contribution in [1.82, 2.24) is 4.90 Å². The number of ether oxygens (including phenoxy) is 1. The van der Waals surface area contributed by atoms with Gasteiger partial charge in [0.15, 0.2) is 0 Å². The summed E-state index contributed by atoms with van der Waals surface area (Å²) < 4.78 is 5.64. The third-order valence-corrected chi connectivity index (χ3v) is 6.66. The van der Waals surface area contributed by atoms with Gasteiger partial charge in [-0.3, -0.25) is 9.69 Å². The highest BCUT2D eigenvalue weighted by Crippen LogP contribution is 2.50. The molecule has 1 aliphatic carbocycles. The number of hydrogen-bond acceptors (Lipinski definition) is 4. The molecule has 0 spiro atoms. The van der Waals surface area contributed by atoms with Gasteiger partial charge >= 0.3 is 18.0 Å². The number of hydrogen-bond donors (Lipinski definition) is 2. The molecule has 7 nitrogen and oxygen atoms in total. The fraction of sp³-hybridized carbons (Fsp3) is 0.393. The SMILES string of the molecule is C=CC(c1cccc2c1C(COC(=O)N(C)[C@@H](CCC(=O)O)C(=O)O)c1ccccc1-2)C(C)(C)C. The van der Waals surface area contributed by atoms with E-state index in [1.807, 2.05) is 30.3 Å². The van der Waals surface area contributed by atoms with E-state index in [0.29, 0.717) is 0 Å². The van der Waals surface area contributed by atoms with Gasteiger partial charge in [-0.25, -0.2) is 9.59 Å². The molecular formula is C28H33NO6. The van der Waals surface area contributed by atoms with Gasteiger partial charge in [0.1, 0.15) is 12.6 Å². The first-order valence-electron chi connectivity index (χ1n) is 11.7. The number of amides is 1. The number of carboxylic acid groups (broad SMARTS) is 2. The zero-order chi connectivity index (χ0) is 25.9. The summed E-state index contributed by atoms with van der Waals surface area (Å²) in [6.07, 6.45) is 0.580. The largest absolute Gasteiger partial charge is 0.481 e. The number of nitrogens with zero attached hydrogens (tertiary/aromatic N) is 1. The van der Waals surface area contributed by atoms with E-state index in [1.54, 1.807) is 0 Å². The maximum absolute atomic E-state index is 12.8. The van der Waals surface area contributed by atoms with Crippen LogP contribution in [0.5, 0.6) is 0 Å². The van der Waals surface area contributed by atoms with Crippen molar-refractivity contribution in [3.63, 3.8) is 0 Å². The van der Waals surface area contributed by atoms with Gasteiger partial charge in [0, 0.05) is 25.3 Å². The van der Waals surface area contributed by atoms with Crippen molar-refractivity contribution in [2.75, 3.05) is 13.7 Å². The first-order chi connectivity index (χ1) is 16.5. The predicted molar refractivity (Wildman–Crippen MR) is 134 cm³/mol. The molecule has 0 aromatic heterocycles. The van der Waals surface area contributed by atoms with Gasteiger partial charge in [-0.1, -0.05) is 69.3 Å². The number of fused-ring (bicyclic) bond motifs is 3. The first-order valence-corrected chi connectivity index (χ1v) is 11.7. The maximum Gasteiger partial charge on any atom is 0.410 e. The molecule has 1 aliphatic rings.